The topological polar surface area (TPSA) is 61.4 Å². The van der Waals surface area contributed by atoms with Crippen molar-refractivity contribution in [1.82, 2.24) is 5.32 Å². The van der Waals surface area contributed by atoms with Gasteiger partial charge in [-0.25, -0.2) is 0 Å². The van der Waals surface area contributed by atoms with Gasteiger partial charge in [0.15, 0.2) is 0 Å². The fourth-order valence-corrected chi connectivity index (χ4v) is 3.88. The zero-order valence-corrected chi connectivity index (χ0v) is 17.5. The zero-order chi connectivity index (χ0) is 21.5. The number of nitrogens with zero attached hydrogens (tertiary/aromatic N) is 1. The second kappa shape index (κ2) is 10.0. The van der Waals surface area contributed by atoms with Gasteiger partial charge in [-0.05, 0) is 60.7 Å². The molecule has 0 spiro atoms. The molecular formula is C26H27N3O2. The molecule has 0 saturated heterocycles. The SMILES string of the molecule is O=C(CNCc1ccccc1)Nc1ccc(C(=O)N2CCCCc3ccccc32)cc1. The summed E-state index contributed by atoms with van der Waals surface area (Å²) in [5.41, 5.74) is 4.66. The molecule has 4 rings (SSSR count). The standard InChI is InChI=1S/C26H27N3O2/c30-25(19-27-18-20-8-2-1-3-9-20)28-23-15-13-22(14-16-23)26(31)29-17-7-6-11-21-10-4-5-12-24(21)29/h1-5,8-10,12-16,27H,6-7,11,17-19H2,(H,28,30). The number of para-hydroxylation sites is 1. The van der Waals surface area contributed by atoms with E-state index in [1.54, 1.807) is 24.3 Å². The van der Waals surface area contributed by atoms with E-state index < -0.39 is 0 Å². The highest BCUT2D eigenvalue weighted by Crippen LogP contribution is 2.27. The average Bonchev–Trinajstić information content (AvgIpc) is 3.02. The molecule has 3 aromatic carbocycles. The van der Waals surface area contributed by atoms with Crippen molar-refractivity contribution in [2.45, 2.75) is 25.8 Å². The van der Waals surface area contributed by atoms with Crippen LogP contribution in [0.3, 0.4) is 0 Å². The van der Waals surface area contributed by atoms with Crippen LogP contribution in [-0.2, 0) is 17.8 Å². The van der Waals surface area contributed by atoms with E-state index in [1.807, 2.05) is 53.4 Å². The van der Waals surface area contributed by atoms with Crippen LogP contribution in [0, 0.1) is 0 Å². The third kappa shape index (κ3) is 5.38. The maximum Gasteiger partial charge on any atom is 0.258 e. The molecule has 0 bridgehead atoms. The first-order valence-corrected chi connectivity index (χ1v) is 10.7. The fraction of sp³-hybridized carbons (Fsp3) is 0.231. The van der Waals surface area contributed by atoms with Crippen LogP contribution in [0.4, 0.5) is 11.4 Å². The molecule has 0 aromatic heterocycles. The first kappa shape index (κ1) is 20.8. The molecule has 0 saturated carbocycles. The van der Waals surface area contributed by atoms with E-state index in [-0.39, 0.29) is 18.4 Å². The van der Waals surface area contributed by atoms with Crippen LogP contribution in [0.25, 0.3) is 0 Å². The predicted molar refractivity (Wildman–Crippen MR) is 124 cm³/mol. The van der Waals surface area contributed by atoms with Crippen LogP contribution in [-0.4, -0.2) is 24.9 Å². The molecule has 0 aliphatic carbocycles. The van der Waals surface area contributed by atoms with Gasteiger partial charge in [-0.2, -0.15) is 0 Å². The number of fused-ring (bicyclic) bond motifs is 1. The van der Waals surface area contributed by atoms with Crippen LogP contribution in [0.2, 0.25) is 0 Å². The summed E-state index contributed by atoms with van der Waals surface area (Å²) in [6.07, 6.45) is 3.08. The van der Waals surface area contributed by atoms with Crippen molar-refractivity contribution < 1.29 is 9.59 Å². The molecule has 3 aromatic rings. The molecule has 1 aliphatic heterocycles. The van der Waals surface area contributed by atoms with Crippen LogP contribution >= 0.6 is 0 Å². The lowest BCUT2D eigenvalue weighted by molar-refractivity contribution is -0.115. The van der Waals surface area contributed by atoms with Gasteiger partial charge >= 0.3 is 0 Å². The molecule has 2 N–H and O–H groups in total. The van der Waals surface area contributed by atoms with Crippen LogP contribution in [0.5, 0.6) is 0 Å². The van der Waals surface area contributed by atoms with Crippen molar-refractivity contribution in [1.29, 1.82) is 0 Å². The Bertz CT molecular complexity index is 1030. The van der Waals surface area contributed by atoms with Gasteiger partial charge in [0.25, 0.3) is 5.91 Å². The quantitative estimate of drug-likeness (QED) is 0.630. The Balaban J connectivity index is 1.34. The number of carbonyl (C=O) groups excluding carboxylic acids is 2. The summed E-state index contributed by atoms with van der Waals surface area (Å²) in [5.74, 6) is -0.117. The number of anilines is 2. The summed E-state index contributed by atoms with van der Waals surface area (Å²) in [6.45, 7) is 1.58. The van der Waals surface area contributed by atoms with Crippen LogP contribution in [0.1, 0.15) is 34.3 Å². The van der Waals surface area contributed by atoms with E-state index in [4.69, 9.17) is 0 Å². The molecule has 1 heterocycles. The maximum atomic E-state index is 13.2. The summed E-state index contributed by atoms with van der Waals surface area (Å²) < 4.78 is 0. The van der Waals surface area contributed by atoms with Crippen molar-refractivity contribution >= 4 is 23.2 Å². The third-order valence-electron chi connectivity index (χ3n) is 5.48. The van der Waals surface area contributed by atoms with Crippen molar-refractivity contribution in [2.24, 2.45) is 0 Å². The number of benzene rings is 3. The number of nitrogens with one attached hydrogen (secondary N) is 2. The van der Waals surface area contributed by atoms with Crippen LogP contribution in [0.15, 0.2) is 78.9 Å². The van der Waals surface area contributed by atoms with Crippen LogP contribution < -0.4 is 15.5 Å². The van der Waals surface area contributed by atoms with Gasteiger partial charge in [-0.1, -0.05) is 48.5 Å². The Labute approximate surface area is 183 Å². The first-order valence-electron chi connectivity index (χ1n) is 10.7. The van der Waals surface area contributed by atoms with E-state index in [2.05, 4.69) is 16.7 Å². The first-order chi connectivity index (χ1) is 15.2. The lowest BCUT2D eigenvalue weighted by atomic mass is 10.1. The number of hydrogen-bond donors (Lipinski definition) is 2. The van der Waals surface area contributed by atoms with Gasteiger partial charge in [0.1, 0.15) is 0 Å². The van der Waals surface area contributed by atoms with Crippen molar-refractivity contribution in [3.05, 3.63) is 95.6 Å². The largest absolute Gasteiger partial charge is 0.325 e. The van der Waals surface area contributed by atoms with E-state index >= 15 is 0 Å². The second-order valence-electron chi connectivity index (χ2n) is 7.76. The number of hydrogen-bond acceptors (Lipinski definition) is 3. The second-order valence-corrected chi connectivity index (χ2v) is 7.76. The molecule has 0 fully saturated rings. The maximum absolute atomic E-state index is 13.2. The molecule has 158 valence electrons. The lowest BCUT2D eigenvalue weighted by Crippen LogP contribution is -2.31. The Morgan fingerprint density at radius 3 is 2.39 bits per heavy atom. The normalized spacial score (nSPS) is 13.2. The van der Waals surface area contributed by atoms with Gasteiger partial charge in [-0.15, -0.1) is 0 Å². The van der Waals surface area contributed by atoms with Gasteiger partial charge in [0.05, 0.1) is 6.54 Å². The van der Waals surface area contributed by atoms with E-state index in [0.717, 1.165) is 37.1 Å². The van der Waals surface area contributed by atoms with Crippen molar-refractivity contribution in [3.63, 3.8) is 0 Å². The highest BCUT2D eigenvalue weighted by molar-refractivity contribution is 6.07. The summed E-state index contributed by atoms with van der Waals surface area (Å²) in [7, 11) is 0. The molecule has 0 radical (unpaired) electrons. The van der Waals surface area contributed by atoms with E-state index in [0.29, 0.717) is 17.8 Å². The Morgan fingerprint density at radius 1 is 0.839 bits per heavy atom. The predicted octanol–water partition coefficient (Wildman–Crippen LogP) is 4.40. The monoisotopic (exact) mass is 413 g/mol. The van der Waals surface area contributed by atoms with Gasteiger partial charge in [-0.3, -0.25) is 9.59 Å². The summed E-state index contributed by atoms with van der Waals surface area (Å²) in [5, 5.41) is 6.01. The smallest absolute Gasteiger partial charge is 0.258 e. The van der Waals surface area contributed by atoms with Gasteiger partial charge < -0.3 is 15.5 Å². The minimum Gasteiger partial charge on any atom is -0.325 e. The number of amides is 2. The third-order valence-corrected chi connectivity index (χ3v) is 5.48. The van der Waals surface area contributed by atoms with E-state index in [9.17, 15) is 9.59 Å². The van der Waals surface area contributed by atoms with Gasteiger partial charge in [0.2, 0.25) is 5.91 Å². The summed E-state index contributed by atoms with van der Waals surface area (Å²) in [6, 6.07) is 25.2. The molecule has 2 amide bonds. The van der Waals surface area contributed by atoms with E-state index in [1.165, 1.54) is 5.56 Å². The van der Waals surface area contributed by atoms with Crippen molar-refractivity contribution in [3.8, 4) is 0 Å². The lowest BCUT2D eigenvalue weighted by Gasteiger charge is -2.23. The minimum atomic E-state index is -0.114. The average molecular weight is 414 g/mol. The zero-order valence-electron chi connectivity index (χ0n) is 17.5. The molecule has 5 heteroatoms. The number of aryl methyl sites for hydroxylation is 1. The summed E-state index contributed by atoms with van der Waals surface area (Å²) in [4.78, 5) is 27.2. The summed E-state index contributed by atoms with van der Waals surface area (Å²) >= 11 is 0. The molecule has 0 atom stereocenters. The highest BCUT2D eigenvalue weighted by atomic mass is 16.2. The Hall–Kier alpha value is -3.44. The molecule has 5 nitrogen and oxygen atoms in total. The Morgan fingerprint density at radius 2 is 1.58 bits per heavy atom. The fourth-order valence-electron chi connectivity index (χ4n) is 3.88. The molecular weight excluding hydrogens is 386 g/mol. The number of carbonyl (C=O) groups is 2. The Kier molecular flexibility index (Phi) is 6.75. The van der Waals surface area contributed by atoms with Gasteiger partial charge in [0, 0.05) is 30.0 Å². The molecule has 0 unspecified atom stereocenters. The van der Waals surface area contributed by atoms with Crippen molar-refractivity contribution in [2.75, 3.05) is 23.3 Å². The number of rotatable bonds is 6. The molecule has 1 aliphatic rings. The highest BCUT2D eigenvalue weighted by Gasteiger charge is 2.22. The minimum absolute atomic E-state index is 0.00301. The molecule has 31 heavy (non-hydrogen) atoms.